The Kier molecular flexibility index (Phi) is 6.59. The van der Waals surface area contributed by atoms with Crippen molar-refractivity contribution in [2.45, 2.75) is 26.7 Å². The number of aromatic nitrogens is 1. The first-order valence-electron chi connectivity index (χ1n) is 7.56. The van der Waals surface area contributed by atoms with Gasteiger partial charge in [-0.1, -0.05) is 25.4 Å². The first-order valence-corrected chi connectivity index (χ1v) is 9.01. The summed E-state index contributed by atoms with van der Waals surface area (Å²) >= 11 is 8.44. The zero-order chi connectivity index (χ0) is 16.1. The highest BCUT2D eigenvalue weighted by Gasteiger charge is 2.14. The number of halogens is 2. The minimum absolute atomic E-state index is 0.144. The predicted molar refractivity (Wildman–Crippen MR) is 101 cm³/mol. The summed E-state index contributed by atoms with van der Waals surface area (Å²) < 4.78 is 1.01. The van der Waals surface area contributed by atoms with Crippen LogP contribution in [0.25, 0.3) is 10.9 Å². The van der Waals surface area contributed by atoms with Crippen molar-refractivity contribution in [2.75, 3.05) is 19.6 Å². The van der Waals surface area contributed by atoms with Gasteiger partial charge in [0, 0.05) is 27.1 Å². The Bertz CT molecular complexity index is 671. The molecular weight excluding hydrogens is 411 g/mol. The van der Waals surface area contributed by atoms with E-state index in [0.717, 1.165) is 35.0 Å². The number of carbonyl (C=O) groups is 1. The van der Waals surface area contributed by atoms with Gasteiger partial charge in [-0.25, -0.2) is 0 Å². The van der Waals surface area contributed by atoms with Crippen LogP contribution < -0.4 is 0 Å². The van der Waals surface area contributed by atoms with Crippen LogP contribution in [0, 0.1) is 3.57 Å². The van der Waals surface area contributed by atoms with E-state index in [2.05, 4.69) is 46.3 Å². The molecule has 2 rings (SSSR count). The molecule has 0 atom stereocenters. The fourth-order valence-electron chi connectivity index (χ4n) is 2.54. The Hall–Kier alpha value is -0.720. The van der Waals surface area contributed by atoms with Gasteiger partial charge in [0.2, 0.25) is 0 Å². The molecule has 0 bridgehead atoms. The lowest BCUT2D eigenvalue weighted by molar-refractivity contribution is 0.0976. The van der Waals surface area contributed by atoms with E-state index in [1.165, 1.54) is 0 Å². The van der Waals surface area contributed by atoms with Gasteiger partial charge in [-0.2, -0.15) is 0 Å². The number of ketones is 1. The monoisotopic (exact) mass is 430 g/mol. The van der Waals surface area contributed by atoms with Gasteiger partial charge < -0.3 is 4.90 Å². The molecule has 0 aliphatic carbocycles. The second-order valence-corrected chi connectivity index (χ2v) is 6.85. The van der Waals surface area contributed by atoms with Gasteiger partial charge in [0.25, 0.3) is 0 Å². The van der Waals surface area contributed by atoms with Crippen LogP contribution in [0.1, 0.15) is 37.0 Å². The molecule has 1 heterocycles. The lowest BCUT2D eigenvalue weighted by Crippen LogP contribution is -2.24. The molecule has 0 aliphatic rings. The van der Waals surface area contributed by atoms with Gasteiger partial charge >= 0.3 is 0 Å². The van der Waals surface area contributed by atoms with E-state index in [1.807, 2.05) is 12.1 Å². The highest BCUT2D eigenvalue weighted by atomic mass is 127. The lowest BCUT2D eigenvalue weighted by Gasteiger charge is -2.17. The molecular formula is C17H20ClIN2O. The molecule has 0 N–H and O–H groups in total. The maximum atomic E-state index is 12.6. The predicted octanol–water partition coefficient (Wildman–Crippen LogP) is 4.80. The van der Waals surface area contributed by atoms with Gasteiger partial charge in [-0.05, 0) is 66.8 Å². The van der Waals surface area contributed by atoms with E-state index in [9.17, 15) is 4.79 Å². The number of benzene rings is 1. The highest BCUT2D eigenvalue weighted by molar-refractivity contribution is 14.1. The van der Waals surface area contributed by atoms with Crippen LogP contribution in [0.2, 0.25) is 5.02 Å². The Morgan fingerprint density at radius 3 is 2.73 bits per heavy atom. The Balaban J connectivity index is 2.19. The third kappa shape index (κ3) is 4.18. The molecule has 22 heavy (non-hydrogen) atoms. The van der Waals surface area contributed by atoms with Crippen LogP contribution in [-0.2, 0) is 0 Å². The zero-order valence-electron chi connectivity index (χ0n) is 12.9. The van der Waals surface area contributed by atoms with E-state index in [-0.39, 0.29) is 5.78 Å². The summed E-state index contributed by atoms with van der Waals surface area (Å²) in [6.45, 7) is 7.28. The van der Waals surface area contributed by atoms with Crippen LogP contribution in [0.3, 0.4) is 0 Å². The fraction of sp³-hybridized carbons (Fsp3) is 0.412. The molecule has 2 aromatic rings. The number of hydrogen-bond donors (Lipinski definition) is 0. The number of fused-ring (bicyclic) bond motifs is 1. The van der Waals surface area contributed by atoms with E-state index in [1.54, 1.807) is 12.3 Å². The number of rotatable bonds is 7. The van der Waals surface area contributed by atoms with Gasteiger partial charge in [-0.15, -0.1) is 0 Å². The minimum atomic E-state index is 0.144. The summed E-state index contributed by atoms with van der Waals surface area (Å²) in [5.41, 5.74) is 1.39. The Morgan fingerprint density at radius 2 is 2.05 bits per heavy atom. The molecule has 0 fully saturated rings. The molecule has 1 aromatic carbocycles. The quantitative estimate of drug-likeness (QED) is 0.467. The van der Waals surface area contributed by atoms with Crippen molar-refractivity contribution in [2.24, 2.45) is 0 Å². The van der Waals surface area contributed by atoms with Crippen molar-refractivity contribution in [1.29, 1.82) is 0 Å². The van der Waals surface area contributed by atoms with Gasteiger partial charge in [0.1, 0.15) is 0 Å². The van der Waals surface area contributed by atoms with Crippen molar-refractivity contribution in [3.8, 4) is 0 Å². The molecule has 5 heteroatoms. The summed E-state index contributed by atoms with van der Waals surface area (Å²) in [5.74, 6) is 0.144. The van der Waals surface area contributed by atoms with Crippen molar-refractivity contribution in [1.82, 2.24) is 9.88 Å². The summed E-state index contributed by atoms with van der Waals surface area (Å²) in [6, 6.07) is 5.64. The molecule has 0 spiro atoms. The number of pyridine rings is 1. The normalized spacial score (nSPS) is 11.3. The number of carbonyl (C=O) groups excluding carboxylic acids is 1. The van der Waals surface area contributed by atoms with E-state index >= 15 is 0 Å². The van der Waals surface area contributed by atoms with Gasteiger partial charge in [-0.3, -0.25) is 9.78 Å². The third-order valence-corrected chi connectivity index (χ3v) is 4.78. The zero-order valence-corrected chi connectivity index (χ0v) is 15.8. The van der Waals surface area contributed by atoms with E-state index < -0.39 is 0 Å². The smallest absolute Gasteiger partial charge is 0.165 e. The van der Waals surface area contributed by atoms with Gasteiger partial charge in [0.05, 0.1) is 10.5 Å². The number of Topliss-reactive ketones (excluding diaryl/α,β-unsaturated/α-hetero) is 1. The maximum absolute atomic E-state index is 12.6. The average Bonchev–Trinajstić information content (AvgIpc) is 2.51. The van der Waals surface area contributed by atoms with Crippen molar-refractivity contribution in [3.05, 3.63) is 38.6 Å². The molecule has 3 nitrogen and oxygen atoms in total. The third-order valence-electron chi connectivity index (χ3n) is 3.83. The lowest BCUT2D eigenvalue weighted by atomic mass is 10.0. The summed E-state index contributed by atoms with van der Waals surface area (Å²) in [4.78, 5) is 19.3. The standard InChI is InChI=1S/C17H20ClIN2O/c1-3-21(4-2)9-5-6-16(22)14-11-12(19)10-13-15(18)7-8-20-17(13)14/h7-8,10-11H,3-6,9H2,1-2H3. The Labute approximate surface area is 150 Å². The molecule has 0 saturated heterocycles. The second kappa shape index (κ2) is 8.22. The second-order valence-electron chi connectivity index (χ2n) is 5.20. The number of hydrogen-bond acceptors (Lipinski definition) is 3. The van der Waals surface area contributed by atoms with Crippen LogP contribution >= 0.6 is 34.2 Å². The fourth-order valence-corrected chi connectivity index (χ4v) is 3.36. The van der Waals surface area contributed by atoms with Crippen molar-refractivity contribution >= 4 is 50.9 Å². The summed E-state index contributed by atoms with van der Waals surface area (Å²) in [6.07, 6.45) is 3.07. The van der Waals surface area contributed by atoms with Crippen molar-refractivity contribution < 1.29 is 4.79 Å². The topological polar surface area (TPSA) is 33.2 Å². The van der Waals surface area contributed by atoms with E-state index in [4.69, 9.17) is 11.6 Å². The SMILES string of the molecule is CCN(CC)CCCC(=O)c1cc(I)cc2c(Cl)ccnc12. The summed E-state index contributed by atoms with van der Waals surface area (Å²) in [7, 11) is 0. The molecule has 1 aromatic heterocycles. The maximum Gasteiger partial charge on any atom is 0.165 e. The van der Waals surface area contributed by atoms with Crippen molar-refractivity contribution in [3.63, 3.8) is 0 Å². The number of nitrogens with zero attached hydrogens (tertiary/aromatic N) is 2. The molecule has 0 saturated carbocycles. The van der Waals surface area contributed by atoms with Gasteiger partial charge in [0.15, 0.2) is 5.78 Å². The summed E-state index contributed by atoms with van der Waals surface area (Å²) in [5, 5.41) is 1.49. The van der Waals surface area contributed by atoms with Crippen LogP contribution in [0.4, 0.5) is 0 Å². The van der Waals surface area contributed by atoms with Crippen LogP contribution in [0.15, 0.2) is 24.4 Å². The largest absolute Gasteiger partial charge is 0.304 e. The minimum Gasteiger partial charge on any atom is -0.304 e. The average molecular weight is 431 g/mol. The first-order chi connectivity index (χ1) is 10.6. The highest BCUT2D eigenvalue weighted by Crippen LogP contribution is 2.27. The molecule has 0 radical (unpaired) electrons. The van der Waals surface area contributed by atoms with Crippen LogP contribution in [0.5, 0.6) is 0 Å². The molecule has 0 amide bonds. The molecule has 0 unspecified atom stereocenters. The Morgan fingerprint density at radius 1 is 1.32 bits per heavy atom. The van der Waals surface area contributed by atoms with E-state index in [0.29, 0.717) is 22.5 Å². The molecule has 0 aliphatic heterocycles. The first kappa shape index (κ1) is 17.6. The van der Waals surface area contributed by atoms with Crippen LogP contribution in [-0.4, -0.2) is 35.3 Å². The molecule has 118 valence electrons.